The molecule has 1 aliphatic heterocycles. The molecule has 3 heteroatoms. The van der Waals surface area contributed by atoms with Crippen molar-refractivity contribution in [3.8, 4) is 0 Å². The molecule has 126 valence electrons. The summed E-state index contributed by atoms with van der Waals surface area (Å²) in [6.07, 6.45) is 7.32. The fourth-order valence-corrected chi connectivity index (χ4v) is 3.68. The van der Waals surface area contributed by atoms with Crippen LogP contribution in [0.5, 0.6) is 0 Å². The molecule has 2 aromatic rings. The minimum absolute atomic E-state index is 0.582. The Labute approximate surface area is 140 Å². The molecule has 0 spiro atoms. The second-order valence-electron chi connectivity index (χ2n) is 7.22. The molecule has 3 rings (SSSR count). The molecule has 1 aromatic heterocycles. The Kier molecular flexibility index (Phi) is 5.39. The lowest BCUT2D eigenvalue weighted by molar-refractivity contribution is 0.344. The summed E-state index contributed by atoms with van der Waals surface area (Å²) in [5.41, 5.74) is 10.0. The Hall–Kier alpha value is -1.32. The van der Waals surface area contributed by atoms with Gasteiger partial charge in [-0.05, 0) is 74.5 Å². The van der Waals surface area contributed by atoms with Crippen LogP contribution in [0.25, 0.3) is 10.9 Å². The van der Waals surface area contributed by atoms with Gasteiger partial charge in [0.25, 0.3) is 0 Å². The number of benzene rings is 1. The third-order valence-electron chi connectivity index (χ3n) is 5.15. The number of rotatable bonds is 7. The molecule has 2 N–H and O–H groups in total. The van der Waals surface area contributed by atoms with Gasteiger partial charge in [-0.25, -0.2) is 0 Å². The van der Waals surface area contributed by atoms with Crippen molar-refractivity contribution in [1.82, 2.24) is 9.47 Å². The summed E-state index contributed by atoms with van der Waals surface area (Å²) in [6.45, 7) is 10.1. The highest BCUT2D eigenvalue weighted by atomic mass is 15.1. The van der Waals surface area contributed by atoms with E-state index in [1.807, 2.05) is 0 Å². The number of nitrogens with zero attached hydrogens (tertiary/aromatic N) is 2. The summed E-state index contributed by atoms with van der Waals surface area (Å²) >= 11 is 0. The van der Waals surface area contributed by atoms with E-state index in [1.54, 1.807) is 0 Å². The molecule has 0 aliphatic carbocycles. The molecule has 1 fully saturated rings. The third-order valence-corrected chi connectivity index (χ3v) is 5.15. The van der Waals surface area contributed by atoms with Gasteiger partial charge in [-0.3, -0.25) is 0 Å². The van der Waals surface area contributed by atoms with Crippen molar-refractivity contribution in [2.75, 3.05) is 26.2 Å². The fraction of sp³-hybridized carbons (Fsp3) is 0.600. The van der Waals surface area contributed by atoms with Gasteiger partial charge in [0.05, 0.1) is 0 Å². The van der Waals surface area contributed by atoms with Gasteiger partial charge in [0.15, 0.2) is 0 Å². The second kappa shape index (κ2) is 7.50. The zero-order chi connectivity index (χ0) is 16.2. The molecule has 1 aliphatic rings. The van der Waals surface area contributed by atoms with Crippen molar-refractivity contribution in [1.29, 1.82) is 0 Å². The lowest BCUT2D eigenvalue weighted by atomic mass is 10.00. The average molecular weight is 313 g/mol. The predicted octanol–water partition coefficient (Wildman–Crippen LogP) is 3.75. The van der Waals surface area contributed by atoms with E-state index >= 15 is 0 Å². The molecule has 0 bridgehead atoms. The van der Waals surface area contributed by atoms with Crippen LogP contribution < -0.4 is 5.73 Å². The maximum atomic E-state index is 5.71. The molecule has 2 heterocycles. The maximum absolute atomic E-state index is 5.71. The predicted molar refractivity (Wildman–Crippen MR) is 99.1 cm³/mol. The van der Waals surface area contributed by atoms with Crippen LogP contribution in [0.4, 0.5) is 0 Å². The van der Waals surface area contributed by atoms with Gasteiger partial charge in [0.1, 0.15) is 0 Å². The molecular weight excluding hydrogens is 282 g/mol. The average Bonchev–Trinajstić information content (AvgIpc) is 3.18. The van der Waals surface area contributed by atoms with Crippen LogP contribution in [0.3, 0.4) is 0 Å². The SMILES string of the molecule is CC(C)c1ccc2c(c1)c(CCN1CCCC1)cn2CCCN. The topological polar surface area (TPSA) is 34.2 Å². The minimum atomic E-state index is 0.582. The van der Waals surface area contributed by atoms with Gasteiger partial charge in [-0.1, -0.05) is 19.9 Å². The molecule has 3 nitrogen and oxygen atoms in total. The number of fused-ring (bicyclic) bond motifs is 1. The molecule has 0 amide bonds. The monoisotopic (exact) mass is 313 g/mol. The van der Waals surface area contributed by atoms with Gasteiger partial charge in [0, 0.05) is 30.2 Å². The standard InChI is InChI=1S/C20H31N3/c1-16(2)17-6-7-20-19(14-17)18(15-23(20)12-5-9-21)8-13-22-10-3-4-11-22/h6-7,14-16H,3-5,8-13,21H2,1-2H3. The Morgan fingerprint density at radius 2 is 1.91 bits per heavy atom. The second-order valence-corrected chi connectivity index (χ2v) is 7.22. The van der Waals surface area contributed by atoms with Crippen LogP contribution in [0.2, 0.25) is 0 Å². The fourth-order valence-electron chi connectivity index (χ4n) is 3.68. The summed E-state index contributed by atoms with van der Waals surface area (Å²) in [7, 11) is 0. The first-order valence-electron chi connectivity index (χ1n) is 9.23. The van der Waals surface area contributed by atoms with Crippen LogP contribution in [0.15, 0.2) is 24.4 Å². The zero-order valence-electron chi connectivity index (χ0n) is 14.7. The number of aromatic nitrogens is 1. The normalized spacial score (nSPS) is 16.0. The Balaban J connectivity index is 1.87. The van der Waals surface area contributed by atoms with E-state index in [2.05, 4.69) is 47.7 Å². The smallest absolute Gasteiger partial charge is 0.0483 e. The first-order chi connectivity index (χ1) is 11.2. The molecule has 0 atom stereocenters. The van der Waals surface area contributed by atoms with E-state index in [4.69, 9.17) is 5.73 Å². The largest absolute Gasteiger partial charge is 0.347 e. The van der Waals surface area contributed by atoms with Crippen LogP contribution in [-0.4, -0.2) is 35.6 Å². The number of nitrogens with two attached hydrogens (primary N) is 1. The molecule has 1 saturated heterocycles. The van der Waals surface area contributed by atoms with Crippen LogP contribution in [0, 0.1) is 0 Å². The maximum Gasteiger partial charge on any atom is 0.0483 e. The molecule has 0 saturated carbocycles. The zero-order valence-corrected chi connectivity index (χ0v) is 14.7. The molecule has 0 radical (unpaired) electrons. The third kappa shape index (κ3) is 3.78. The summed E-state index contributed by atoms with van der Waals surface area (Å²) < 4.78 is 2.41. The Morgan fingerprint density at radius 3 is 2.61 bits per heavy atom. The summed E-state index contributed by atoms with van der Waals surface area (Å²) in [5, 5.41) is 1.45. The summed E-state index contributed by atoms with van der Waals surface area (Å²) in [5.74, 6) is 0.582. The molecule has 0 unspecified atom stereocenters. The van der Waals surface area contributed by atoms with Crippen molar-refractivity contribution in [2.24, 2.45) is 5.73 Å². The first-order valence-corrected chi connectivity index (χ1v) is 9.23. The Morgan fingerprint density at radius 1 is 1.13 bits per heavy atom. The quantitative estimate of drug-likeness (QED) is 0.844. The minimum Gasteiger partial charge on any atom is -0.347 e. The van der Waals surface area contributed by atoms with Gasteiger partial charge in [-0.15, -0.1) is 0 Å². The van der Waals surface area contributed by atoms with E-state index in [0.717, 1.165) is 25.9 Å². The van der Waals surface area contributed by atoms with E-state index in [9.17, 15) is 0 Å². The van der Waals surface area contributed by atoms with Crippen molar-refractivity contribution in [3.63, 3.8) is 0 Å². The van der Waals surface area contributed by atoms with Crippen molar-refractivity contribution in [2.45, 2.75) is 52.0 Å². The molecule has 1 aromatic carbocycles. The van der Waals surface area contributed by atoms with Gasteiger partial charge in [0.2, 0.25) is 0 Å². The first kappa shape index (κ1) is 16.5. The summed E-state index contributed by atoms with van der Waals surface area (Å²) in [6, 6.07) is 7.01. The van der Waals surface area contributed by atoms with E-state index in [1.165, 1.54) is 54.5 Å². The van der Waals surface area contributed by atoms with Crippen molar-refractivity contribution >= 4 is 10.9 Å². The highest BCUT2D eigenvalue weighted by Crippen LogP contribution is 2.27. The van der Waals surface area contributed by atoms with Crippen LogP contribution in [-0.2, 0) is 13.0 Å². The van der Waals surface area contributed by atoms with Crippen molar-refractivity contribution < 1.29 is 0 Å². The van der Waals surface area contributed by atoms with Gasteiger partial charge >= 0.3 is 0 Å². The highest BCUT2D eigenvalue weighted by Gasteiger charge is 2.14. The number of hydrogen-bond donors (Lipinski definition) is 1. The van der Waals surface area contributed by atoms with E-state index in [0.29, 0.717) is 5.92 Å². The van der Waals surface area contributed by atoms with Crippen LogP contribution in [0.1, 0.15) is 50.2 Å². The van der Waals surface area contributed by atoms with Crippen molar-refractivity contribution in [3.05, 3.63) is 35.5 Å². The lowest BCUT2D eigenvalue weighted by Crippen LogP contribution is -2.21. The number of likely N-dealkylation sites (tertiary alicyclic amines) is 1. The van der Waals surface area contributed by atoms with E-state index in [-0.39, 0.29) is 0 Å². The highest BCUT2D eigenvalue weighted by molar-refractivity contribution is 5.85. The van der Waals surface area contributed by atoms with E-state index < -0.39 is 0 Å². The molecular formula is C20H31N3. The summed E-state index contributed by atoms with van der Waals surface area (Å²) in [4.78, 5) is 2.61. The number of hydrogen-bond acceptors (Lipinski definition) is 2. The number of aryl methyl sites for hydroxylation is 1. The molecule has 23 heavy (non-hydrogen) atoms. The van der Waals surface area contributed by atoms with Crippen LogP contribution >= 0.6 is 0 Å². The van der Waals surface area contributed by atoms with Gasteiger partial charge < -0.3 is 15.2 Å². The van der Waals surface area contributed by atoms with Gasteiger partial charge in [-0.2, -0.15) is 0 Å². The Bertz CT molecular complexity index is 636. The lowest BCUT2D eigenvalue weighted by Gasteiger charge is -2.13.